The fraction of sp³-hybridized carbons (Fsp3) is 0.312. The summed E-state index contributed by atoms with van der Waals surface area (Å²) in [7, 11) is 4.00. The van der Waals surface area contributed by atoms with E-state index in [-0.39, 0.29) is 18.7 Å². The van der Waals surface area contributed by atoms with Crippen LogP contribution in [0.15, 0.2) is 47.2 Å². The van der Waals surface area contributed by atoms with Crippen molar-refractivity contribution in [3.63, 3.8) is 0 Å². The summed E-state index contributed by atoms with van der Waals surface area (Å²) in [5.74, 6) is 0. The average Bonchev–Trinajstić information content (AvgIpc) is 3.00. The maximum atomic E-state index is 11.8. The van der Waals surface area contributed by atoms with Crippen LogP contribution in [-0.4, -0.2) is 31.6 Å². The van der Waals surface area contributed by atoms with E-state index in [1.165, 1.54) is 5.56 Å². The minimum Gasteiger partial charge on any atom is -0.445 e. The first-order valence-corrected chi connectivity index (χ1v) is 7.74. The summed E-state index contributed by atoms with van der Waals surface area (Å²) in [6.45, 7) is 0.815. The van der Waals surface area contributed by atoms with E-state index in [4.69, 9.17) is 4.74 Å². The molecule has 0 fully saturated rings. The van der Waals surface area contributed by atoms with Gasteiger partial charge in [-0.1, -0.05) is 30.3 Å². The van der Waals surface area contributed by atoms with E-state index in [9.17, 15) is 4.79 Å². The molecular weight excluding hydrogens is 284 g/mol. The van der Waals surface area contributed by atoms with E-state index in [1.54, 1.807) is 11.3 Å². The van der Waals surface area contributed by atoms with Gasteiger partial charge in [0.2, 0.25) is 0 Å². The van der Waals surface area contributed by atoms with Gasteiger partial charge in [0.05, 0.1) is 6.04 Å². The Morgan fingerprint density at radius 2 is 2.05 bits per heavy atom. The monoisotopic (exact) mass is 304 g/mol. The third-order valence-electron chi connectivity index (χ3n) is 3.20. The molecule has 112 valence electrons. The molecular formula is C16H20N2O2S. The highest BCUT2D eigenvalue weighted by molar-refractivity contribution is 7.07. The van der Waals surface area contributed by atoms with Gasteiger partial charge in [-0.15, -0.1) is 0 Å². The highest BCUT2D eigenvalue weighted by Gasteiger charge is 2.15. The van der Waals surface area contributed by atoms with Gasteiger partial charge in [0.25, 0.3) is 0 Å². The lowest BCUT2D eigenvalue weighted by atomic mass is 10.1. The number of rotatable bonds is 6. The van der Waals surface area contributed by atoms with E-state index >= 15 is 0 Å². The fourth-order valence-corrected chi connectivity index (χ4v) is 2.72. The van der Waals surface area contributed by atoms with E-state index < -0.39 is 0 Å². The van der Waals surface area contributed by atoms with Gasteiger partial charge in [-0.25, -0.2) is 4.79 Å². The van der Waals surface area contributed by atoms with Crippen LogP contribution in [0.5, 0.6) is 0 Å². The zero-order valence-electron chi connectivity index (χ0n) is 12.3. The Morgan fingerprint density at radius 1 is 1.29 bits per heavy atom. The molecule has 5 heteroatoms. The lowest BCUT2D eigenvalue weighted by Crippen LogP contribution is -2.34. The molecule has 0 spiro atoms. The number of likely N-dealkylation sites (N-methyl/N-ethyl adjacent to an activating group) is 1. The third kappa shape index (κ3) is 4.88. The SMILES string of the molecule is CN(C)C(CNC(=O)OCc1ccccc1)c1ccsc1. The molecule has 0 aliphatic carbocycles. The second kappa shape index (κ2) is 7.81. The van der Waals surface area contributed by atoms with Crippen LogP contribution in [0.2, 0.25) is 0 Å². The van der Waals surface area contributed by atoms with Crippen molar-refractivity contribution in [1.82, 2.24) is 10.2 Å². The van der Waals surface area contributed by atoms with Gasteiger partial charge < -0.3 is 15.0 Å². The summed E-state index contributed by atoms with van der Waals surface area (Å²) in [4.78, 5) is 13.8. The molecule has 2 rings (SSSR count). The Balaban J connectivity index is 1.80. The summed E-state index contributed by atoms with van der Waals surface area (Å²) < 4.78 is 5.21. The van der Waals surface area contributed by atoms with Gasteiger partial charge >= 0.3 is 6.09 Å². The molecule has 1 atom stereocenters. The Morgan fingerprint density at radius 3 is 2.67 bits per heavy atom. The Bertz CT molecular complexity index is 541. The quantitative estimate of drug-likeness (QED) is 0.890. The molecule has 1 aromatic heterocycles. The van der Waals surface area contributed by atoms with Crippen molar-refractivity contribution in [2.24, 2.45) is 0 Å². The molecule has 1 amide bonds. The van der Waals surface area contributed by atoms with Crippen LogP contribution in [-0.2, 0) is 11.3 Å². The number of carbonyl (C=O) groups excluding carboxylic acids is 1. The maximum Gasteiger partial charge on any atom is 0.407 e. The normalized spacial score (nSPS) is 12.1. The number of ether oxygens (including phenoxy) is 1. The van der Waals surface area contributed by atoms with Gasteiger partial charge in [-0.3, -0.25) is 0 Å². The van der Waals surface area contributed by atoms with Gasteiger partial charge in [-0.2, -0.15) is 11.3 Å². The Labute approximate surface area is 129 Å². The molecule has 1 unspecified atom stereocenters. The van der Waals surface area contributed by atoms with Crippen LogP contribution in [0.25, 0.3) is 0 Å². The van der Waals surface area contributed by atoms with Crippen LogP contribution >= 0.6 is 11.3 Å². The summed E-state index contributed by atoms with van der Waals surface area (Å²) in [5, 5.41) is 6.96. The largest absolute Gasteiger partial charge is 0.445 e. The number of alkyl carbamates (subject to hydrolysis) is 1. The highest BCUT2D eigenvalue weighted by atomic mass is 32.1. The summed E-state index contributed by atoms with van der Waals surface area (Å²) in [6, 6.07) is 11.9. The minimum atomic E-state index is -0.388. The number of nitrogens with zero attached hydrogens (tertiary/aromatic N) is 1. The van der Waals surface area contributed by atoms with Crippen LogP contribution in [0, 0.1) is 0 Å². The van der Waals surface area contributed by atoms with E-state index in [0.29, 0.717) is 6.54 Å². The lowest BCUT2D eigenvalue weighted by molar-refractivity contribution is 0.136. The minimum absolute atomic E-state index is 0.153. The van der Waals surface area contributed by atoms with Crippen molar-refractivity contribution in [1.29, 1.82) is 0 Å². The molecule has 0 bridgehead atoms. The molecule has 0 radical (unpaired) electrons. The van der Waals surface area contributed by atoms with Gasteiger partial charge in [0.15, 0.2) is 0 Å². The van der Waals surface area contributed by atoms with E-state index in [0.717, 1.165) is 5.56 Å². The van der Waals surface area contributed by atoms with Crippen molar-refractivity contribution in [2.75, 3.05) is 20.6 Å². The lowest BCUT2D eigenvalue weighted by Gasteiger charge is -2.23. The van der Waals surface area contributed by atoms with Gasteiger partial charge in [0.1, 0.15) is 6.61 Å². The molecule has 1 aromatic carbocycles. The fourth-order valence-electron chi connectivity index (χ4n) is 2.02. The molecule has 0 saturated carbocycles. The van der Waals surface area contributed by atoms with Crippen LogP contribution < -0.4 is 5.32 Å². The second-order valence-corrected chi connectivity index (χ2v) is 5.76. The van der Waals surface area contributed by atoms with Crippen LogP contribution in [0.3, 0.4) is 0 Å². The molecule has 1 heterocycles. The zero-order chi connectivity index (χ0) is 15.1. The Hall–Kier alpha value is -1.85. The maximum absolute atomic E-state index is 11.8. The number of benzene rings is 1. The highest BCUT2D eigenvalue weighted by Crippen LogP contribution is 2.19. The third-order valence-corrected chi connectivity index (χ3v) is 3.91. The number of thiophene rings is 1. The van der Waals surface area contributed by atoms with E-state index in [2.05, 4.69) is 21.7 Å². The van der Waals surface area contributed by atoms with Gasteiger partial charge in [-0.05, 0) is 42.0 Å². The van der Waals surface area contributed by atoms with Crippen molar-refractivity contribution < 1.29 is 9.53 Å². The first kappa shape index (κ1) is 15.5. The standard InChI is InChI=1S/C16H20N2O2S/c1-18(2)15(14-8-9-21-12-14)10-17-16(19)20-11-13-6-4-3-5-7-13/h3-9,12,15H,10-11H2,1-2H3,(H,17,19). The summed E-state index contributed by atoms with van der Waals surface area (Å²) in [5.41, 5.74) is 2.18. The van der Waals surface area contributed by atoms with E-state index in [1.807, 2.05) is 49.8 Å². The molecule has 0 saturated heterocycles. The zero-order valence-corrected chi connectivity index (χ0v) is 13.1. The predicted molar refractivity (Wildman–Crippen MR) is 85.4 cm³/mol. The first-order valence-electron chi connectivity index (χ1n) is 6.80. The number of nitrogens with one attached hydrogen (secondary N) is 1. The van der Waals surface area contributed by atoms with Crippen LogP contribution in [0.4, 0.5) is 4.79 Å². The molecule has 0 aliphatic heterocycles. The predicted octanol–water partition coefficient (Wildman–Crippen LogP) is 3.28. The number of hydrogen-bond donors (Lipinski definition) is 1. The molecule has 0 aliphatic rings. The Kier molecular flexibility index (Phi) is 5.78. The number of amides is 1. The van der Waals surface area contributed by atoms with Crippen molar-refractivity contribution in [2.45, 2.75) is 12.6 Å². The van der Waals surface area contributed by atoms with Crippen LogP contribution in [0.1, 0.15) is 17.2 Å². The van der Waals surface area contributed by atoms with Crippen molar-refractivity contribution in [3.8, 4) is 0 Å². The van der Waals surface area contributed by atoms with Crippen molar-refractivity contribution >= 4 is 17.4 Å². The number of hydrogen-bond acceptors (Lipinski definition) is 4. The molecule has 2 aromatic rings. The first-order chi connectivity index (χ1) is 10.2. The molecule has 1 N–H and O–H groups in total. The average molecular weight is 304 g/mol. The van der Waals surface area contributed by atoms with Gasteiger partial charge in [0, 0.05) is 6.54 Å². The summed E-state index contributed by atoms with van der Waals surface area (Å²) in [6.07, 6.45) is -0.388. The summed E-state index contributed by atoms with van der Waals surface area (Å²) >= 11 is 1.66. The molecule has 21 heavy (non-hydrogen) atoms. The number of carbonyl (C=O) groups is 1. The second-order valence-electron chi connectivity index (χ2n) is 4.98. The smallest absolute Gasteiger partial charge is 0.407 e. The van der Waals surface area contributed by atoms with Crippen molar-refractivity contribution in [3.05, 3.63) is 58.3 Å². The molecule has 4 nitrogen and oxygen atoms in total. The topological polar surface area (TPSA) is 41.6 Å².